The molecule has 1 fully saturated rings. The molecular formula is C21H23FN6. The third-order valence-corrected chi connectivity index (χ3v) is 4.88. The molecule has 0 amide bonds. The van der Waals surface area contributed by atoms with Gasteiger partial charge >= 0.3 is 0 Å². The number of benzene rings is 1. The third kappa shape index (κ3) is 4.31. The van der Waals surface area contributed by atoms with Gasteiger partial charge in [-0.1, -0.05) is 12.1 Å². The van der Waals surface area contributed by atoms with Crippen LogP contribution in [0.25, 0.3) is 0 Å². The van der Waals surface area contributed by atoms with Gasteiger partial charge in [0.05, 0.1) is 24.1 Å². The predicted octanol–water partition coefficient (Wildman–Crippen LogP) is 4.10. The molecule has 3 aromatic rings. The molecular weight excluding hydrogens is 355 g/mol. The average Bonchev–Trinajstić information content (AvgIpc) is 3.11. The van der Waals surface area contributed by atoms with Crippen LogP contribution in [-0.2, 0) is 6.54 Å². The summed E-state index contributed by atoms with van der Waals surface area (Å²) in [5.74, 6) is 0.953. The number of likely N-dealkylation sites (tertiary alicyclic amines) is 1. The van der Waals surface area contributed by atoms with Crippen LogP contribution in [0.5, 0.6) is 0 Å². The Bertz CT molecular complexity index is 939. The lowest BCUT2D eigenvalue weighted by Crippen LogP contribution is -2.23. The summed E-state index contributed by atoms with van der Waals surface area (Å²) in [5, 5.41) is 3.16. The SMILES string of the molecule is Cc1cc(C)nc(Nc2cncc(C3CCCN3Cc3ccc(F)cc3)n2)n1. The van der Waals surface area contributed by atoms with Gasteiger partial charge in [0, 0.05) is 17.9 Å². The maximum atomic E-state index is 13.2. The highest BCUT2D eigenvalue weighted by Gasteiger charge is 2.27. The zero-order chi connectivity index (χ0) is 19.5. The van der Waals surface area contributed by atoms with Crippen LogP contribution in [0.1, 0.15) is 41.5 Å². The van der Waals surface area contributed by atoms with Crippen molar-refractivity contribution in [3.63, 3.8) is 0 Å². The van der Waals surface area contributed by atoms with Crippen LogP contribution in [0.3, 0.4) is 0 Å². The summed E-state index contributed by atoms with van der Waals surface area (Å²) in [7, 11) is 0. The standard InChI is InChI=1S/C21H23FN6/c1-14-10-15(2)25-21(24-14)27-20-12-23-11-18(26-20)19-4-3-9-28(19)13-16-5-7-17(22)8-6-16/h5-8,10-12,19H,3-4,9,13H2,1-2H3,(H,24,25,26,27). The van der Waals surface area contributed by atoms with Crippen LogP contribution in [-0.4, -0.2) is 31.4 Å². The van der Waals surface area contributed by atoms with E-state index < -0.39 is 0 Å². The van der Waals surface area contributed by atoms with Crippen molar-refractivity contribution >= 4 is 11.8 Å². The van der Waals surface area contributed by atoms with Gasteiger partial charge in [-0.15, -0.1) is 0 Å². The van der Waals surface area contributed by atoms with Crippen molar-refractivity contribution in [2.24, 2.45) is 0 Å². The van der Waals surface area contributed by atoms with Gasteiger partial charge in [-0.25, -0.2) is 19.3 Å². The molecule has 144 valence electrons. The molecule has 1 aliphatic rings. The second-order valence-electron chi connectivity index (χ2n) is 7.18. The molecule has 1 N–H and O–H groups in total. The molecule has 0 spiro atoms. The second kappa shape index (κ2) is 7.98. The number of nitrogens with zero attached hydrogens (tertiary/aromatic N) is 5. The number of aryl methyl sites for hydroxylation is 2. The maximum Gasteiger partial charge on any atom is 0.228 e. The van der Waals surface area contributed by atoms with Gasteiger partial charge in [0.25, 0.3) is 0 Å². The highest BCUT2D eigenvalue weighted by atomic mass is 19.1. The largest absolute Gasteiger partial charge is 0.307 e. The molecule has 1 atom stereocenters. The predicted molar refractivity (Wildman–Crippen MR) is 106 cm³/mol. The monoisotopic (exact) mass is 378 g/mol. The Labute approximate surface area is 163 Å². The van der Waals surface area contributed by atoms with Crippen molar-refractivity contribution in [3.8, 4) is 0 Å². The van der Waals surface area contributed by atoms with Crippen molar-refractivity contribution in [2.45, 2.75) is 39.3 Å². The zero-order valence-electron chi connectivity index (χ0n) is 16.1. The summed E-state index contributed by atoms with van der Waals surface area (Å²) >= 11 is 0. The minimum atomic E-state index is -0.208. The first-order valence-corrected chi connectivity index (χ1v) is 9.46. The molecule has 6 nitrogen and oxygen atoms in total. The first-order valence-electron chi connectivity index (χ1n) is 9.46. The Kier molecular flexibility index (Phi) is 5.25. The van der Waals surface area contributed by atoms with E-state index in [9.17, 15) is 4.39 Å². The fraction of sp³-hybridized carbons (Fsp3) is 0.333. The molecule has 0 radical (unpaired) electrons. The van der Waals surface area contributed by atoms with E-state index in [2.05, 4.69) is 25.2 Å². The van der Waals surface area contributed by atoms with E-state index in [1.165, 1.54) is 12.1 Å². The van der Waals surface area contributed by atoms with Gasteiger partial charge in [0.2, 0.25) is 5.95 Å². The molecule has 0 aliphatic carbocycles. The highest BCUT2D eigenvalue weighted by Crippen LogP contribution is 2.32. The van der Waals surface area contributed by atoms with Crippen molar-refractivity contribution in [1.29, 1.82) is 0 Å². The molecule has 1 unspecified atom stereocenters. The minimum Gasteiger partial charge on any atom is -0.307 e. The fourth-order valence-corrected chi connectivity index (χ4v) is 3.67. The number of hydrogen-bond acceptors (Lipinski definition) is 6. The first kappa shape index (κ1) is 18.4. The molecule has 7 heteroatoms. The van der Waals surface area contributed by atoms with E-state index >= 15 is 0 Å². The molecule has 2 aromatic heterocycles. The van der Waals surface area contributed by atoms with Gasteiger partial charge in [-0.2, -0.15) is 0 Å². The van der Waals surface area contributed by atoms with Crippen LogP contribution < -0.4 is 5.32 Å². The molecule has 4 rings (SSSR count). The van der Waals surface area contributed by atoms with E-state index in [0.717, 1.165) is 48.6 Å². The highest BCUT2D eigenvalue weighted by molar-refractivity contribution is 5.46. The number of aromatic nitrogens is 4. The van der Waals surface area contributed by atoms with Gasteiger partial charge < -0.3 is 5.32 Å². The van der Waals surface area contributed by atoms with Gasteiger partial charge in [-0.05, 0) is 57.0 Å². The van der Waals surface area contributed by atoms with Gasteiger partial charge in [0.15, 0.2) is 5.82 Å². The van der Waals surface area contributed by atoms with E-state index in [1.54, 1.807) is 6.20 Å². The lowest BCUT2D eigenvalue weighted by atomic mass is 10.1. The third-order valence-electron chi connectivity index (χ3n) is 4.88. The number of anilines is 2. The van der Waals surface area contributed by atoms with Crippen molar-refractivity contribution in [3.05, 3.63) is 71.2 Å². The minimum absolute atomic E-state index is 0.194. The normalized spacial score (nSPS) is 17.0. The summed E-state index contributed by atoms with van der Waals surface area (Å²) < 4.78 is 13.2. The van der Waals surface area contributed by atoms with Crippen molar-refractivity contribution < 1.29 is 4.39 Å². The molecule has 28 heavy (non-hydrogen) atoms. The van der Waals surface area contributed by atoms with Crippen LogP contribution >= 0.6 is 0 Å². The first-order chi connectivity index (χ1) is 13.6. The van der Waals surface area contributed by atoms with E-state index in [-0.39, 0.29) is 11.9 Å². The number of nitrogens with one attached hydrogen (secondary N) is 1. The van der Waals surface area contributed by atoms with Crippen LogP contribution in [0.15, 0.2) is 42.7 Å². The maximum absolute atomic E-state index is 13.2. The lowest BCUT2D eigenvalue weighted by molar-refractivity contribution is 0.244. The molecule has 1 aliphatic heterocycles. The lowest BCUT2D eigenvalue weighted by Gasteiger charge is -2.24. The number of hydrogen-bond donors (Lipinski definition) is 1. The van der Waals surface area contributed by atoms with Crippen LogP contribution in [0.4, 0.5) is 16.2 Å². The molecule has 3 heterocycles. The molecule has 0 saturated carbocycles. The second-order valence-corrected chi connectivity index (χ2v) is 7.18. The summed E-state index contributed by atoms with van der Waals surface area (Å²) in [5.41, 5.74) is 3.83. The quantitative estimate of drug-likeness (QED) is 0.721. The summed E-state index contributed by atoms with van der Waals surface area (Å²) in [6.07, 6.45) is 5.63. The molecule has 0 bridgehead atoms. The Morgan fingerprint density at radius 3 is 2.57 bits per heavy atom. The summed E-state index contributed by atoms with van der Waals surface area (Å²) in [6, 6.07) is 8.82. The number of rotatable bonds is 5. The Morgan fingerprint density at radius 1 is 1.07 bits per heavy atom. The van der Waals surface area contributed by atoms with Crippen LogP contribution in [0, 0.1) is 19.7 Å². The average molecular weight is 378 g/mol. The van der Waals surface area contributed by atoms with E-state index in [4.69, 9.17) is 4.98 Å². The Hall–Kier alpha value is -2.93. The molecule has 1 aromatic carbocycles. The van der Waals surface area contributed by atoms with Gasteiger partial charge in [0.1, 0.15) is 5.82 Å². The molecule has 1 saturated heterocycles. The summed E-state index contributed by atoms with van der Waals surface area (Å²) in [6.45, 7) is 5.63. The van der Waals surface area contributed by atoms with E-state index in [0.29, 0.717) is 11.8 Å². The topological polar surface area (TPSA) is 66.8 Å². The van der Waals surface area contributed by atoms with Crippen molar-refractivity contribution in [1.82, 2.24) is 24.8 Å². The smallest absolute Gasteiger partial charge is 0.228 e. The fourth-order valence-electron chi connectivity index (χ4n) is 3.67. The Morgan fingerprint density at radius 2 is 1.82 bits per heavy atom. The Balaban J connectivity index is 1.51. The number of halogens is 1. The van der Waals surface area contributed by atoms with Crippen molar-refractivity contribution in [2.75, 3.05) is 11.9 Å². The van der Waals surface area contributed by atoms with E-state index in [1.807, 2.05) is 38.2 Å². The summed E-state index contributed by atoms with van der Waals surface area (Å²) in [4.78, 5) is 20.3. The van der Waals surface area contributed by atoms with Gasteiger partial charge in [-0.3, -0.25) is 9.88 Å². The van der Waals surface area contributed by atoms with Crippen LogP contribution in [0.2, 0.25) is 0 Å². The zero-order valence-corrected chi connectivity index (χ0v) is 16.1.